The molecule has 26 heavy (non-hydrogen) atoms. The lowest BCUT2D eigenvalue weighted by Gasteiger charge is -2.08. The van der Waals surface area contributed by atoms with Crippen LogP contribution in [0.25, 0.3) is 0 Å². The number of hydrogen-bond acceptors (Lipinski definition) is 5. The molecule has 0 atom stereocenters. The molecule has 8 heteroatoms. The molecule has 0 saturated heterocycles. The van der Waals surface area contributed by atoms with Crippen molar-refractivity contribution in [1.29, 1.82) is 0 Å². The summed E-state index contributed by atoms with van der Waals surface area (Å²) < 4.78 is 26.0. The zero-order valence-electron chi connectivity index (χ0n) is 13.6. The first-order valence-electron chi connectivity index (χ1n) is 7.70. The molecule has 1 heterocycles. The van der Waals surface area contributed by atoms with E-state index in [9.17, 15) is 18.0 Å². The maximum absolute atomic E-state index is 12.6. The normalized spacial score (nSPS) is 11.1. The average molecular weight is 369 g/mol. The van der Waals surface area contributed by atoms with Gasteiger partial charge in [-0.2, -0.15) is 5.10 Å². The molecule has 0 aliphatic carbocycles. The lowest BCUT2D eigenvalue weighted by molar-refractivity contribution is -0.117. The van der Waals surface area contributed by atoms with E-state index in [0.717, 1.165) is 16.8 Å². The van der Waals surface area contributed by atoms with E-state index in [-0.39, 0.29) is 9.92 Å². The number of aromatic nitrogens is 2. The summed E-state index contributed by atoms with van der Waals surface area (Å²) in [7, 11) is -3.88. The molecule has 3 aromatic rings. The van der Waals surface area contributed by atoms with Crippen molar-refractivity contribution >= 4 is 21.4 Å². The third kappa shape index (κ3) is 3.86. The number of para-hydroxylation sites is 1. The quantitative estimate of drug-likeness (QED) is 0.738. The molecule has 2 aromatic carbocycles. The maximum Gasteiger partial charge on any atom is 0.267 e. The molecular weight excluding hydrogens is 354 g/mol. The van der Waals surface area contributed by atoms with Gasteiger partial charge in [0.2, 0.25) is 15.7 Å². The second-order valence-corrected chi connectivity index (χ2v) is 7.29. The van der Waals surface area contributed by atoms with Crippen LogP contribution < -0.4 is 10.9 Å². The molecule has 1 aromatic heterocycles. The van der Waals surface area contributed by atoms with E-state index in [4.69, 9.17) is 0 Å². The molecule has 3 rings (SSSR count). The fourth-order valence-corrected chi connectivity index (χ4v) is 3.48. The van der Waals surface area contributed by atoms with Crippen LogP contribution in [-0.2, 0) is 21.2 Å². The zero-order valence-corrected chi connectivity index (χ0v) is 14.4. The van der Waals surface area contributed by atoms with Crippen molar-refractivity contribution in [2.45, 2.75) is 16.5 Å². The third-order valence-corrected chi connectivity index (χ3v) is 5.18. The minimum Gasteiger partial charge on any atom is -0.324 e. The maximum atomic E-state index is 12.6. The summed E-state index contributed by atoms with van der Waals surface area (Å²) in [6.07, 6.45) is 0. The van der Waals surface area contributed by atoms with Gasteiger partial charge in [-0.1, -0.05) is 36.4 Å². The summed E-state index contributed by atoms with van der Waals surface area (Å²) in [5, 5.41) is 6.18. The Bertz CT molecular complexity index is 1080. The van der Waals surface area contributed by atoms with Crippen molar-refractivity contribution in [3.63, 3.8) is 0 Å². The number of carbonyl (C=O) groups excluding carboxylic acids is 1. The molecule has 1 N–H and O–H groups in total. The molecule has 0 radical (unpaired) electrons. The number of nitrogens with one attached hydrogen (secondary N) is 1. The second-order valence-electron chi connectivity index (χ2n) is 5.40. The van der Waals surface area contributed by atoms with Crippen LogP contribution in [0.3, 0.4) is 0 Å². The number of rotatable bonds is 5. The Morgan fingerprint density at radius 2 is 1.54 bits per heavy atom. The van der Waals surface area contributed by atoms with Crippen molar-refractivity contribution in [3.05, 3.63) is 83.2 Å². The van der Waals surface area contributed by atoms with Crippen LogP contribution in [-0.4, -0.2) is 24.1 Å². The van der Waals surface area contributed by atoms with Crippen LogP contribution in [0.15, 0.2) is 87.5 Å². The molecular formula is C18H15N3O4S. The highest BCUT2D eigenvalue weighted by Gasteiger charge is 2.20. The van der Waals surface area contributed by atoms with Gasteiger partial charge in [0.25, 0.3) is 5.56 Å². The van der Waals surface area contributed by atoms with Gasteiger partial charge < -0.3 is 5.32 Å². The summed E-state index contributed by atoms with van der Waals surface area (Å²) >= 11 is 0. The van der Waals surface area contributed by atoms with E-state index in [1.54, 1.807) is 48.5 Å². The molecule has 0 bridgehead atoms. The van der Waals surface area contributed by atoms with Crippen LogP contribution in [0.2, 0.25) is 0 Å². The Morgan fingerprint density at radius 1 is 0.923 bits per heavy atom. The lowest BCUT2D eigenvalue weighted by atomic mass is 10.3. The summed E-state index contributed by atoms with van der Waals surface area (Å²) in [6, 6.07) is 18.7. The van der Waals surface area contributed by atoms with Crippen LogP contribution in [0.1, 0.15) is 0 Å². The fourth-order valence-electron chi connectivity index (χ4n) is 2.27. The van der Waals surface area contributed by atoms with Crippen molar-refractivity contribution in [1.82, 2.24) is 9.78 Å². The molecule has 0 fully saturated rings. The van der Waals surface area contributed by atoms with Gasteiger partial charge >= 0.3 is 0 Å². The van der Waals surface area contributed by atoms with E-state index in [1.807, 2.05) is 0 Å². The van der Waals surface area contributed by atoms with Gasteiger partial charge in [-0.05, 0) is 30.3 Å². The van der Waals surface area contributed by atoms with Gasteiger partial charge in [-0.3, -0.25) is 9.59 Å². The van der Waals surface area contributed by atoms with E-state index >= 15 is 0 Å². The van der Waals surface area contributed by atoms with Crippen molar-refractivity contribution in [2.75, 3.05) is 5.32 Å². The van der Waals surface area contributed by atoms with E-state index in [2.05, 4.69) is 10.4 Å². The van der Waals surface area contributed by atoms with Gasteiger partial charge in [0, 0.05) is 11.8 Å². The minimum atomic E-state index is -3.88. The van der Waals surface area contributed by atoms with Crippen LogP contribution in [0.4, 0.5) is 5.69 Å². The molecule has 0 spiro atoms. The Morgan fingerprint density at radius 3 is 2.19 bits per heavy atom. The van der Waals surface area contributed by atoms with Crippen molar-refractivity contribution in [2.24, 2.45) is 0 Å². The summed E-state index contributed by atoms with van der Waals surface area (Å²) in [6.45, 7) is -0.397. The first-order chi connectivity index (χ1) is 12.5. The predicted octanol–water partition coefficient (Wildman–Crippen LogP) is 1.71. The minimum absolute atomic E-state index is 0.0615. The molecule has 7 nitrogen and oxygen atoms in total. The Balaban J connectivity index is 1.87. The number of amides is 1. The topological polar surface area (TPSA) is 98.1 Å². The first-order valence-corrected chi connectivity index (χ1v) is 9.18. The van der Waals surface area contributed by atoms with Crippen LogP contribution in [0.5, 0.6) is 0 Å². The number of carbonyl (C=O) groups is 1. The van der Waals surface area contributed by atoms with Gasteiger partial charge in [-0.25, -0.2) is 13.1 Å². The van der Waals surface area contributed by atoms with Gasteiger partial charge in [0.1, 0.15) is 6.54 Å². The van der Waals surface area contributed by atoms with Gasteiger partial charge in [0.15, 0.2) is 5.03 Å². The lowest BCUT2D eigenvalue weighted by Crippen LogP contribution is -2.30. The molecule has 0 unspecified atom stereocenters. The van der Waals surface area contributed by atoms with Crippen LogP contribution >= 0.6 is 0 Å². The zero-order chi connectivity index (χ0) is 18.6. The number of sulfone groups is 1. The smallest absolute Gasteiger partial charge is 0.267 e. The monoisotopic (exact) mass is 369 g/mol. The first kappa shape index (κ1) is 17.6. The highest BCUT2D eigenvalue weighted by atomic mass is 32.2. The summed E-state index contributed by atoms with van der Waals surface area (Å²) in [5.74, 6) is -0.486. The molecule has 0 aliphatic heterocycles. The average Bonchev–Trinajstić information content (AvgIpc) is 2.65. The second kappa shape index (κ2) is 7.32. The van der Waals surface area contributed by atoms with Crippen molar-refractivity contribution < 1.29 is 13.2 Å². The predicted molar refractivity (Wildman–Crippen MR) is 95.5 cm³/mol. The Hall–Kier alpha value is -3.26. The number of nitrogens with zero attached hydrogens (tertiary/aromatic N) is 2. The highest BCUT2D eigenvalue weighted by Crippen LogP contribution is 2.17. The van der Waals surface area contributed by atoms with Crippen LogP contribution in [0, 0.1) is 0 Å². The Kier molecular flexibility index (Phi) is 4.94. The highest BCUT2D eigenvalue weighted by molar-refractivity contribution is 7.91. The molecule has 0 saturated carbocycles. The molecule has 0 aliphatic rings. The summed E-state index contributed by atoms with van der Waals surface area (Å²) in [4.78, 5) is 24.1. The molecule has 132 valence electrons. The molecule has 1 amide bonds. The SMILES string of the molecule is O=C(Cn1nc(S(=O)(=O)c2ccccc2)ccc1=O)Nc1ccccc1. The van der Waals surface area contributed by atoms with Gasteiger partial charge in [0.05, 0.1) is 4.90 Å². The van der Waals surface area contributed by atoms with E-state index in [0.29, 0.717) is 5.69 Å². The van der Waals surface area contributed by atoms with Gasteiger partial charge in [-0.15, -0.1) is 0 Å². The third-order valence-electron chi connectivity index (χ3n) is 3.52. The Labute approximate surface area is 149 Å². The standard InChI is InChI=1S/C18H15N3O4S/c22-16(19-14-7-3-1-4-8-14)13-21-18(23)12-11-17(20-21)26(24,25)15-9-5-2-6-10-15/h1-12H,13H2,(H,19,22). The largest absolute Gasteiger partial charge is 0.324 e. The fraction of sp³-hybridized carbons (Fsp3) is 0.0556. The number of anilines is 1. The number of hydrogen-bond donors (Lipinski definition) is 1. The van der Waals surface area contributed by atoms with Crippen molar-refractivity contribution in [3.8, 4) is 0 Å². The van der Waals surface area contributed by atoms with E-state index < -0.39 is 27.8 Å². The summed E-state index contributed by atoms with van der Waals surface area (Å²) in [5.41, 5.74) is -0.00108. The van der Waals surface area contributed by atoms with E-state index in [1.165, 1.54) is 12.1 Å². The number of benzene rings is 2.